The maximum atomic E-state index is 10.8. The Morgan fingerprint density at radius 1 is 1.41 bits per heavy atom. The number of carbonyl (C=O) groups excluding carboxylic acids is 1. The van der Waals surface area contributed by atoms with Crippen LogP contribution in [-0.4, -0.2) is 22.9 Å². The minimum Gasteiger partial charge on any atom is -0.493 e. The molecule has 0 unspecified atom stereocenters. The SMILES string of the molecule is CCOc1ccccc1-c1nc(C=O)c(C)[nH]1. The zero-order chi connectivity index (χ0) is 12.3. The van der Waals surface area contributed by atoms with Gasteiger partial charge in [0.1, 0.15) is 17.3 Å². The van der Waals surface area contributed by atoms with Crippen molar-refractivity contribution >= 4 is 6.29 Å². The van der Waals surface area contributed by atoms with Crippen molar-refractivity contribution in [1.29, 1.82) is 0 Å². The van der Waals surface area contributed by atoms with Gasteiger partial charge in [-0.3, -0.25) is 4.79 Å². The van der Waals surface area contributed by atoms with Crippen LogP contribution in [0.15, 0.2) is 24.3 Å². The molecular formula is C13H14N2O2. The van der Waals surface area contributed by atoms with E-state index >= 15 is 0 Å². The molecule has 0 saturated carbocycles. The molecular weight excluding hydrogens is 216 g/mol. The molecule has 0 radical (unpaired) electrons. The van der Waals surface area contributed by atoms with Crippen LogP contribution in [0.3, 0.4) is 0 Å². The van der Waals surface area contributed by atoms with Gasteiger partial charge in [-0.1, -0.05) is 12.1 Å². The first-order valence-corrected chi connectivity index (χ1v) is 5.50. The molecule has 0 amide bonds. The summed E-state index contributed by atoms with van der Waals surface area (Å²) in [5, 5.41) is 0. The number of hydrogen-bond acceptors (Lipinski definition) is 3. The third-order valence-corrected chi connectivity index (χ3v) is 2.48. The molecule has 1 heterocycles. The summed E-state index contributed by atoms with van der Waals surface area (Å²) in [5.41, 5.74) is 2.07. The maximum absolute atomic E-state index is 10.8. The third-order valence-electron chi connectivity index (χ3n) is 2.48. The number of aromatic nitrogens is 2. The van der Waals surface area contributed by atoms with E-state index in [9.17, 15) is 4.79 Å². The lowest BCUT2D eigenvalue weighted by atomic mass is 10.2. The van der Waals surface area contributed by atoms with Crippen LogP contribution in [0.25, 0.3) is 11.4 Å². The Morgan fingerprint density at radius 3 is 2.82 bits per heavy atom. The van der Waals surface area contributed by atoms with Gasteiger partial charge in [0.2, 0.25) is 0 Å². The highest BCUT2D eigenvalue weighted by Crippen LogP contribution is 2.28. The van der Waals surface area contributed by atoms with E-state index in [1.807, 2.05) is 38.1 Å². The highest BCUT2D eigenvalue weighted by Gasteiger charge is 2.11. The molecule has 0 spiro atoms. The average Bonchev–Trinajstić information content (AvgIpc) is 2.71. The van der Waals surface area contributed by atoms with Gasteiger partial charge in [-0.05, 0) is 26.0 Å². The normalized spacial score (nSPS) is 10.2. The van der Waals surface area contributed by atoms with Gasteiger partial charge in [-0.25, -0.2) is 4.98 Å². The van der Waals surface area contributed by atoms with Crippen molar-refractivity contribution in [3.63, 3.8) is 0 Å². The van der Waals surface area contributed by atoms with Crippen molar-refractivity contribution in [2.75, 3.05) is 6.61 Å². The van der Waals surface area contributed by atoms with Crippen molar-refractivity contribution in [2.45, 2.75) is 13.8 Å². The monoisotopic (exact) mass is 230 g/mol. The van der Waals surface area contributed by atoms with Gasteiger partial charge >= 0.3 is 0 Å². The van der Waals surface area contributed by atoms with Crippen LogP contribution in [0.4, 0.5) is 0 Å². The predicted molar refractivity (Wildman–Crippen MR) is 65.3 cm³/mol. The Labute approximate surface area is 99.7 Å². The number of aromatic amines is 1. The van der Waals surface area contributed by atoms with E-state index < -0.39 is 0 Å². The number of carbonyl (C=O) groups is 1. The average molecular weight is 230 g/mol. The van der Waals surface area contributed by atoms with Gasteiger partial charge in [0.15, 0.2) is 6.29 Å². The smallest absolute Gasteiger partial charge is 0.170 e. The van der Waals surface area contributed by atoms with Crippen LogP contribution in [-0.2, 0) is 0 Å². The number of nitrogens with one attached hydrogen (secondary N) is 1. The summed E-state index contributed by atoms with van der Waals surface area (Å²) >= 11 is 0. The molecule has 0 saturated heterocycles. The van der Waals surface area contributed by atoms with Crippen LogP contribution < -0.4 is 4.74 Å². The maximum Gasteiger partial charge on any atom is 0.170 e. The fraction of sp³-hybridized carbons (Fsp3) is 0.231. The number of rotatable bonds is 4. The van der Waals surface area contributed by atoms with Crippen molar-refractivity contribution in [1.82, 2.24) is 9.97 Å². The van der Waals surface area contributed by atoms with Gasteiger partial charge in [0.25, 0.3) is 0 Å². The van der Waals surface area contributed by atoms with Crippen molar-refractivity contribution in [2.24, 2.45) is 0 Å². The van der Waals surface area contributed by atoms with Crippen molar-refractivity contribution < 1.29 is 9.53 Å². The third kappa shape index (κ3) is 2.20. The van der Waals surface area contributed by atoms with Crippen LogP contribution in [0, 0.1) is 6.92 Å². The Kier molecular flexibility index (Phi) is 3.23. The first-order chi connectivity index (χ1) is 8.26. The molecule has 0 aliphatic heterocycles. The molecule has 0 atom stereocenters. The molecule has 4 nitrogen and oxygen atoms in total. The van der Waals surface area contributed by atoms with E-state index in [2.05, 4.69) is 9.97 Å². The highest BCUT2D eigenvalue weighted by atomic mass is 16.5. The topological polar surface area (TPSA) is 55.0 Å². The number of imidazole rings is 1. The van der Waals surface area contributed by atoms with E-state index in [0.717, 1.165) is 23.3 Å². The Morgan fingerprint density at radius 2 is 2.18 bits per heavy atom. The molecule has 0 fully saturated rings. The molecule has 1 aromatic carbocycles. The Balaban J connectivity index is 2.48. The molecule has 1 aromatic heterocycles. The lowest BCUT2D eigenvalue weighted by Gasteiger charge is -2.07. The van der Waals surface area contributed by atoms with E-state index in [0.29, 0.717) is 18.1 Å². The Hall–Kier alpha value is -2.10. The van der Waals surface area contributed by atoms with Gasteiger partial charge in [0, 0.05) is 5.69 Å². The first-order valence-electron chi connectivity index (χ1n) is 5.50. The molecule has 0 aliphatic carbocycles. The first kappa shape index (κ1) is 11.4. The summed E-state index contributed by atoms with van der Waals surface area (Å²) in [6.07, 6.45) is 0.749. The predicted octanol–water partition coefficient (Wildman–Crippen LogP) is 2.60. The second-order valence-corrected chi connectivity index (χ2v) is 3.64. The van der Waals surface area contributed by atoms with Crippen LogP contribution in [0.2, 0.25) is 0 Å². The molecule has 1 N–H and O–H groups in total. The fourth-order valence-corrected chi connectivity index (χ4v) is 1.66. The van der Waals surface area contributed by atoms with Gasteiger partial charge < -0.3 is 9.72 Å². The van der Waals surface area contributed by atoms with E-state index in [4.69, 9.17) is 4.74 Å². The second-order valence-electron chi connectivity index (χ2n) is 3.64. The zero-order valence-electron chi connectivity index (χ0n) is 9.86. The minimum absolute atomic E-state index is 0.436. The van der Waals surface area contributed by atoms with E-state index in [1.165, 1.54) is 0 Å². The zero-order valence-corrected chi connectivity index (χ0v) is 9.86. The fourth-order valence-electron chi connectivity index (χ4n) is 1.66. The molecule has 0 bridgehead atoms. The number of para-hydroxylation sites is 1. The molecule has 88 valence electrons. The van der Waals surface area contributed by atoms with Crippen LogP contribution in [0.1, 0.15) is 23.1 Å². The molecule has 17 heavy (non-hydrogen) atoms. The van der Waals surface area contributed by atoms with Crippen LogP contribution in [0.5, 0.6) is 5.75 Å². The second kappa shape index (κ2) is 4.82. The molecule has 2 rings (SSSR count). The number of ether oxygens (including phenoxy) is 1. The quantitative estimate of drug-likeness (QED) is 0.821. The van der Waals surface area contributed by atoms with Gasteiger partial charge in [-0.2, -0.15) is 0 Å². The van der Waals surface area contributed by atoms with Gasteiger partial charge in [-0.15, -0.1) is 0 Å². The molecule has 4 heteroatoms. The number of aryl methyl sites for hydroxylation is 1. The molecule has 2 aromatic rings. The Bertz CT molecular complexity index is 532. The standard InChI is InChI=1S/C13H14N2O2/c1-3-17-12-7-5-4-6-10(12)13-14-9(2)11(8-16)15-13/h4-8H,3H2,1-2H3,(H,14,15). The van der Waals surface area contributed by atoms with E-state index in [1.54, 1.807) is 0 Å². The summed E-state index contributed by atoms with van der Waals surface area (Å²) < 4.78 is 5.53. The minimum atomic E-state index is 0.436. The largest absolute Gasteiger partial charge is 0.493 e. The number of benzene rings is 1. The van der Waals surface area contributed by atoms with Crippen molar-refractivity contribution in [3.05, 3.63) is 35.7 Å². The molecule has 0 aliphatic rings. The highest BCUT2D eigenvalue weighted by molar-refractivity contribution is 5.76. The lowest BCUT2D eigenvalue weighted by Crippen LogP contribution is -1.94. The number of hydrogen-bond donors (Lipinski definition) is 1. The van der Waals surface area contributed by atoms with Gasteiger partial charge in [0.05, 0.1) is 12.2 Å². The summed E-state index contributed by atoms with van der Waals surface area (Å²) in [4.78, 5) is 18.1. The number of H-pyrrole nitrogens is 1. The lowest BCUT2D eigenvalue weighted by molar-refractivity contribution is 0.111. The van der Waals surface area contributed by atoms with Crippen molar-refractivity contribution in [3.8, 4) is 17.1 Å². The summed E-state index contributed by atoms with van der Waals surface area (Å²) in [5.74, 6) is 1.43. The summed E-state index contributed by atoms with van der Waals surface area (Å²) in [7, 11) is 0. The number of nitrogens with zero attached hydrogens (tertiary/aromatic N) is 1. The summed E-state index contributed by atoms with van der Waals surface area (Å²) in [6, 6.07) is 7.62. The van der Waals surface area contributed by atoms with Crippen LogP contribution >= 0.6 is 0 Å². The number of aldehydes is 1. The van der Waals surface area contributed by atoms with E-state index in [-0.39, 0.29) is 0 Å². The summed E-state index contributed by atoms with van der Waals surface area (Å²) in [6.45, 7) is 4.35.